The van der Waals surface area contributed by atoms with Crippen LogP contribution in [0.4, 0.5) is 0 Å². The minimum absolute atomic E-state index is 0. The summed E-state index contributed by atoms with van der Waals surface area (Å²) in [5.41, 5.74) is 6.24. The fourth-order valence-electron chi connectivity index (χ4n) is 1.96. The van der Waals surface area contributed by atoms with Crippen LogP contribution in [0, 0.1) is 0 Å². The third-order valence-electron chi connectivity index (χ3n) is 3.16. The first kappa shape index (κ1) is 22.7. The summed E-state index contributed by atoms with van der Waals surface area (Å²) in [6.07, 6.45) is 0. The van der Waals surface area contributed by atoms with Crippen molar-refractivity contribution in [3.8, 4) is 11.5 Å². The number of hydrogen-bond acceptors (Lipinski definition) is 6. The predicted molar refractivity (Wildman–Crippen MR) is 106 cm³/mol. The zero-order valence-corrected chi connectivity index (χ0v) is 17.0. The molecule has 5 nitrogen and oxygen atoms in total. The second-order valence-electron chi connectivity index (χ2n) is 4.88. The molecule has 0 bridgehead atoms. The number of aromatic hydroxyl groups is 1. The molecular weight excluding hydrogens is 421 g/mol. The van der Waals surface area contributed by atoms with Crippen LogP contribution in [0.5, 0.6) is 11.5 Å². The Morgan fingerprint density at radius 3 is 2.62 bits per heavy atom. The summed E-state index contributed by atoms with van der Waals surface area (Å²) in [6.45, 7) is 1.99. The van der Waals surface area contributed by atoms with Crippen LogP contribution in [0.3, 0.4) is 0 Å². The first-order valence-corrected chi connectivity index (χ1v) is 8.99. The van der Waals surface area contributed by atoms with Crippen molar-refractivity contribution in [3.05, 3.63) is 45.9 Å². The van der Waals surface area contributed by atoms with E-state index in [0.717, 1.165) is 4.90 Å². The lowest BCUT2D eigenvalue weighted by atomic mass is 10.2. The van der Waals surface area contributed by atoms with Crippen molar-refractivity contribution in [1.29, 1.82) is 0 Å². The van der Waals surface area contributed by atoms with Gasteiger partial charge in [0.05, 0.1) is 11.6 Å². The lowest BCUT2D eigenvalue weighted by Crippen LogP contribution is -2.14. The highest BCUT2D eigenvalue weighted by Crippen LogP contribution is 2.42. The molecule has 0 atom stereocenters. The molecule has 0 amide bonds. The summed E-state index contributed by atoms with van der Waals surface area (Å²) < 4.78 is 10.1. The molecule has 9 heteroatoms. The van der Waals surface area contributed by atoms with Gasteiger partial charge in [-0.2, -0.15) is 0 Å². The van der Waals surface area contributed by atoms with Gasteiger partial charge in [0, 0.05) is 21.9 Å². The Hall–Kier alpha value is -1.31. The maximum atomic E-state index is 11.4. The Bertz CT molecular complexity index is 774. The molecule has 0 aliphatic heterocycles. The first-order valence-electron chi connectivity index (χ1n) is 7.42. The van der Waals surface area contributed by atoms with E-state index < -0.39 is 5.97 Å². The Labute approximate surface area is 172 Å². The summed E-state index contributed by atoms with van der Waals surface area (Å²) >= 11 is 13.9. The van der Waals surface area contributed by atoms with Crippen molar-refractivity contribution in [2.75, 3.05) is 13.2 Å². The third kappa shape index (κ3) is 5.86. The molecule has 0 unspecified atom stereocenters. The van der Waals surface area contributed by atoms with Gasteiger partial charge in [0.15, 0.2) is 6.61 Å². The molecular formula is C17H18Cl3NO4S. The highest BCUT2D eigenvalue weighted by molar-refractivity contribution is 7.99. The van der Waals surface area contributed by atoms with Crippen LogP contribution in [-0.4, -0.2) is 24.3 Å². The molecule has 0 aliphatic rings. The Morgan fingerprint density at radius 1 is 1.23 bits per heavy atom. The SMILES string of the molecule is CCOC(=O)COc1ccc(Sc2ccc(O)c(CN)c2)c(Cl)c1Cl.Cl. The fraction of sp³-hybridized carbons (Fsp3) is 0.235. The van der Waals surface area contributed by atoms with Gasteiger partial charge in [0.2, 0.25) is 0 Å². The average molecular weight is 439 g/mol. The average Bonchev–Trinajstić information content (AvgIpc) is 2.60. The van der Waals surface area contributed by atoms with Crippen molar-refractivity contribution >= 4 is 53.3 Å². The van der Waals surface area contributed by atoms with E-state index in [1.54, 1.807) is 37.3 Å². The zero-order valence-electron chi connectivity index (χ0n) is 13.8. The third-order valence-corrected chi connectivity index (χ3v) is 5.19. The molecule has 2 aromatic rings. The Morgan fingerprint density at radius 2 is 1.96 bits per heavy atom. The van der Waals surface area contributed by atoms with E-state index in [2.05, 4.69) is 0 Å². The molecule has 0 radical (unpaired) electrons. The van der Waals surface area contributed by atoms with Crippen molar-refractivity contribution < 1.29 is 19.4 Å². The van der Waals surface area contributed by atoms with Gasteiger partial charge in [-0.15, -0.1) is 12.4 Å². The number of hydrogen-bond donors (Lipinski definition) is 2. The summed E-state index contributed by atoms with van der Waals surface area (Å²) in [5.74, 6) is -0.0253. The van der Waals surface area contributed by atoms with E-state index >= 15 is 0 Å². The number of benzene rings is 2. The number of esters is 1. The van der Waals surface area contributed by atoms with Crippen LogP contribution in [0.2, 0.25) is 10.0 Å². The van der Waals surface area contributed by atoms with Gasteiger partial charge in [-0.25, -0.2) is 4.79 Å². The van der Waals surface area contributed by atoms with Gasteiger partial charge in [-0.05, 0) is 37.3 Å². The highest BCUT2D eigenvalue weighted by atomic mass is 35.5. The molecule has 0 fully saturated rings. The van der Waals surface area contributed by atoms with Crippen LogP contribution >= 0.6 is 47.4 Å². The van der Waals surface area contributed by atoms with Gasteiger partial charge in [0.1, 0.15) is 16.5 Å². The van der Waals surface area contributed by atoms with Gasteiger partial charge in [0.25, 0.3) is 0 Å². The van der Waals surface area contributed by atoms with E-state index in [9.17, 15) is 9.90 Å². The minimum atomic E-state index is -0.480. The molecule has 26 heavy (non-hydrogen) atoms. The monoisotopic (exact) mass is 437 g/mol. The van der Waals surface area contributed by atoms with Gasteiger partial charge in [-0.1, -0.05) is 35.0 Å². The number of phenols is 1. The van der Waals surface area contributed by atoms with Crippen LogP contribution < -0.4 is 10.5 Å². The Balaban J connectivity index is 0.00000338. The molecule has 0 saturated heterocycles. The summed E-state index contributed by atoms with van der Waals surface area (Å²) in [7, 11) is 0. The second-order valence-corrected chi connectivity index (χ2v) is 6.75. The van der Waals surface area contributed by atoms with Crippen molar-refractivity contribution in [3.63, 3.8) is 0 Å². The van der Waals surface area contributed by atoms with Crippen LogP contribution in [0.25, 0.3) is 0 Å². The van der Waals surface area contributed by atoms with E-state index in [-0.39, 0.29) is 42.9 Å². The molecule has 142 valence electrons. The Kier molecular flexibility index (Phi) is 9.39. The molecule has 2 rings (SSSR count). The smallest absolute Gasteiger partial charge is 0.344 e. The quantitative estimate of drug-likeness (QED) is 0.611. The fourth-order valence-corrected chi connectivity index (χ4v) is 3.43. The topological polar surface area (TPSA) is 81.8 Å². The number of rotatable bonds is 7. The molecule has 0 aromatic heterocycles. The van der Waals surface area contributed by atoms with E-state index in [1.807, 2.05) is 0 Å². The summed E-state index contributed by atoms with van der Waals surface area (Å²) in [4.78, 5) is 12.9. The largest absolute Gasteiger partial charge is 0.508 e. The number of halogens is 3. The number of ether oxygens (including phenoxy) is 2. The number of nitrogens with two attached hydrogens (primary N) is 1. The second kappa shape index (κ2) is 10.7. The van der Waals surface area contributed by atoms with E-state index in [0.29, 0.717) is 21.2 Å². The van der Waals surface area contributed by atoms with Gasteiger partial charge >= 0.3 is 5.97 Å². The number of carbonyl (C=O) groups excluding carboxylic acids is 1. The van der Waals surface area contributed by atoms with Crippen molar-refractivity contribution in [2.45, 2.75) is 23.3 Å². The summed E-state index contributed by atoms with van der Waals surface area (Å²) in [6, 6.07) is 8.51. The molecule has 0 spiro atoms. The van der Waals surface area contributed by atoms with Gasteiger partial charge in [-0.3, -0.25) is 0 Å². The number of phenolic OH excluding ortho intramolecular Hbond substituents is 1. The molecule has 0 saturated carbocycles. The maximum absolute atomic E-state index is 11.4. The highest BCUT2D eigenvalue weighted by Gasteiger charge is 2.14. The van der Waals surface area contributed by atoms with Crippen LogP contribution in [-0.2, 0) is 16.1 Å². The van der Waals surface area contributed by atoms with Crippen molar-refractivity contribution in [2.24, 2.45) is 5.73 Å². The van der Waals surface area contributed by atoms with Gasteiger partial charge < -0.3 is 20.3 Å². The summed E-state index contributed by atoms with van der Waals surface area (Å²) in [5, 5.41) is 10.2. The van der Waals surface area contributed by atoms with Crippen LogP contribution in [0.1, 0.15) is 12.5 Å². The first-order chi connectivity index (χ1) is 12.0. The molecule has 0 aliphatic carbocycles. The zero-order chi connectivity index (χ0) is 18.4. The molecule has 3 N–H and O–H groups in total. The van der Waals surface area contributed by atoms with Crippen LogP contribution in [0.15, 0.2) is 40.1 Å². The minimum Gasteiger partial charge on any atom is -0.508 e. The maximum Gasteiger partial charge on any atom is 0.344 e. The molecule has 0 heterocycles. The van der Waals surface area contributed by atoms with E-state index in [1.165, 1.54) is 11.8 Å². The standard InChI is InChI=1S/C17H17Cl2NO4S.ClH/c1-2-23-15(22)9-24-13-5-6-14(17(19)16(13)18)25-11-3-4-12(21)10(7-11)8-20;/h3-7,21H,2,8-9,20H2,1H3;1H. The number of carbonyl (C=O) groups is 1. The normalized spacial score (nSPS) is 10.2. The lowest BCUT2D eigenvalue weighted by molar-refractivity contribution is -0.145. The van der Waals surface area contributed by atoms with E-state index in [4.69, 9.17) is 38.4 Å². The predicted octanol–water partition coefficient (Wildman–Crippen LogP) is 4.67. The lowest BCUT2D eigenvalue weighted by Gasteiger charge is -2.12. The molecule has 2 aromatic carbocycles. The van der Waals surface area contributed by atoms with Crippen molar-refractivity contribution in [1.82, 2.24) is 0 Å².